The van der Waals surface area contributed by atoms with Crippen LogP contribution in [0.1, 0.15) is 59.8 Å². The van der Waals surface area contributed by atoms with Gasteiger partial charge in [0, 0.05) is 12.8 Å². The molecule has 0 N–H and O–H groups in total. The topological polar surface area (TPSA) is 26.3 Å². The van der Waals surface area contributed by atoms with Crippen LogP contribution in [0, 0.1) is 53.8 Å². The monoisotopic (exact) mass is 302 g/mol. The lowest BCUT2D eigenvalue weighted by Gasteiger charge is -2.46. The Morgan fingerprint density at radius 3 is 2.32 bits per heavy atom. The molecule has 0 heterocycles. The molecular weight excluding hydrogens is 272 g/mol. The molecule has 0 aromatic rings. The zero-order valence-electron chi connectivity index (χ0n) is 14.5. The number of esters is 1. The minimum atomic E-state index is -0.719. The first-order valence-corrected chi connectivity index (χ1v) is 8.47. The van der Waals surface area contributed by atoms with E-state index < -0.39 is 5.41 Å². The van der Waals surface area contributed by atoms with Gasteiger partial charge in [-0.25, -0.2) is 0 Å². The van der Waals surface area contributed by atoms with Gasteiger partial charge in [0.05, 0.1) is 12.0 Å². The van der Waals surface area contributed by atoms with Crippen molar-refractivity contribution in [3.63, 3.8) is 0 Å². The van der Waals surface area contributed by atoms with Crippen LogP contribution in [0.2, 0.25) is 0 Å². The van der Waals surface area contributed by atoms with E-state index in [1.165, 1.54) is 6.42 Å². The molecule has 0 spiro atoms. The summed E-state index contributed by atoms with van der Waals surface area (Å²) in [6.45, 7) is 8.91. The van der Waals surface area contributed by atoms with Gasteiger partial charge in [-0.2, -0.15) is 0 Å². The van der Waals surface area contributed by atoms with Crippen LogP contribution in [0.3, 0.4) is 0 Å². The van der Waals surface area contributed by atoms with Crippen molar-refractivity contribution in [3.05, 3.63) is 0 Å². The summed E-state index contributed by atoms with van der Waals surface area (Å²) in [6, 6.07) is 0. The smallest absolute Gasteiger partial charge is 0.314 e. The van der Waals surface area contributed by atoms with E-state index in [1.807, 2.05) is 6.92 Å². The van der Waals surface area contributed by atoms with Crippen LogP contribution in [0.15, 0.2) is 0 Å². The fraction of sp³-hybridized carbons (Fsp3) is 0.750. The highest BCUT2D eigenvalue weighted by atomic mass is 16.5. The third-order valence-electron chi connectivity index (χ3n) is 5.25. The molecule has 2 nitrogen and oxygen atoms in total. The molecule has 0 amide bonds. The van der Waals surface area contributed by atoms with Crippen LogP contribution < -0.4 is 0 Å². The molecule has 3 atom stereocenters. The van der Waals surface area contributed by atoms with Gasteiger partial charge < -0.3 is 4.74 Å². The fourth-order valence-electron chi connectivity index (χ4n) is 4.10. The third-order valence-corrected chi connectivity index (χ3v) is 5.25. The van der Waals surface area contributed by atoms with Gasteiger partial charge in [0.15, 0.2) is 0 Å². The largest absolute Gasteiger partial charge is 0.466 e. The average molecular weight is 302 g/mol. The van der Waals surface area contributed by atoms with Crippen molar-refractivity contribution in [2.24, 2.45) is 29.1 Å². The maximum Gasteiger partial charge on any atom is 0.314 e. The molecule has 2 heteroatoms. The summed E-state index contributed by atoms with van der Waals surface area (Å²) in [5, 5.41) is 0. The van der Waals surface area contributed by atoms with E-state index in [0.29, 0.717) is 37.2 Å². The lowest BCUT2D eigenvalue weighted by molar-refractivity contribution is -0.162. The van der Waals surface area contributed by atoms with Gasteiger partial charge in [0.2, 0.25) is 0 Å². The van der Waals surface area contributed by atoms with E-state index in [2.05, 4.69) is 32.6 Å². The molecule has 0 saturated heterocycles. The van der Waals surface area contributed by atoms with E-state index in [-0.39, 0.29) is 11.9 Å². The Bertz CT molecular complexity index is 433. The second-order valence-corrected chi connectivity index (χ2v) is 7.07. The number of carbonyl (C=O) groups is 1. The molecule has 0 radical (unpaired) electrons. The third kappa shape index (κ3) is 3.86. The summed E-state index contributed by atoms with van der Waals surface area (Å²) in [5.74, 6) is 7.02. The predicted octanol–water partition coefficient (Wildman–Crippen LogP) is 4.29. The lowest BCUT2D eigenvalue weighted by atomic mass is 9.57. The van der Waals surface area contributed by atoms with Crippen molar-refractivity contribution >= 4 is 5.97 Å². The molecule has 0 bridgehead atoms. The zero-order valence-corrected chi connectivity index (χ0v) is 14.5. The molecule has 1 rings (SSSR count). The minimum absolute atomic E-state index is 0.198. The van der Waals surface area contributed by atoms with Gasteiger partial charge in [-0.3, -0.25) is 4.79 Å². The number of carbonyl (C=O) groups excluding carboxylic acids is 1. The number of ether oxygens (including phenoxy) is 1. The highest BCUT2D eigenvalue weighted by molar-refractivity contribution is 5.78. The molecule has 0 aromatic carbocycles. The Morgan fingerprint density at radius 2 is 1.86 bits per heavy atom. The molecule has 1 aliphatic carbocycles. The van der Waals surface area contributed by atoms with E-state index in [0.717, 1.165) is 12.8 Å². The maximum absolute atomic E-state index is 12.8. The first-order chi connectivity index (χ1) is 10.4. The van der Waals surface area contributed by atoms with Crippen LogP contribution in [0.25, 0.3) is 0 Å². The molecule has 22 heavy (non-hydrogen) atoms. The molecule has 122 valence electrons. The summed E-state index contributed by atoms with van der Waals surface area (Å²) >= 11 is 0. The second kappa shape index (κ2) is 8.28. The molecule has 1 fully saturated rings. The summed E-state index contributed by atoms with van der Waals surface area (Å²) in [5.41, 5.74) is -0.719. The van der Waals surface area contributed by atoms with Crippen molar-refractivity contribution in [2.45, 2.75) is 59.8 Å². The highest BCUT2D eigenvalue weighted by Gasteiger charge is 2.50. The summed E-state index contributed by atoms with van der Waals surface area (Å²) in [6.07, 6.45) is 15.3. The molecule has 0 aromatic heterocycles. The Balaban J connectivity index is 3.28. The summed E-state index contributed by atoms with van der Waals surface area (Å²) in [4.78, 5) is 12.8. The first kappa shape index (κ1) is 18.6. The number of hydrogen-bond donors (Lipinski definition) is 0. The van der Waals surface area contributed by atoms with Gasteiger partial charge in [0.25, 0.3) is 0 Å². The summed E-state index contributed by atoms with van der Waals surface area (Å²) in [7, 11) is 0. The van der Waals surface area contributed by atoms with E-state index in [1.54, 1.807) is 0 Å². The van der Waals surface area contributed by atoms with Crippen LogP contribution in [0.5, 0.6) is 0 Å². The number of hydrogen-bond acceptors (Lipinski definition) is 2. The highest BCUT2D eigenvalue weighted by Crippen LogP contribution is 2.51. The van der Waals surface area contributed by atoms with Crippen LogP contribution >= 0.6 is 0 Å². The SMILES string of the molecule is C#CCC(CC#C)(C(=O)OCC)[C@H]1C[C@@H](C)CC[C@@H]1C(C)C. The molecule has 0 unspecified atom stereocenters. The minimum Gasteiger partial charge on any atom is -0.466 e. The van der Waals surface area contributed by atoms with Crippen molar-refractivity contribution in [1.29, 1.82) is 0 Å². The number of terminal acetylenes is 2. The van der Waals surface area contributed by atoms with Gasteiger partial charge in [-0.15, -0.1) is 24.7 Å². The molecule has 1 aliphatic rings. The van der Waals surface area contributed by atoms with Crippen molar-refractivity contribution in [2.75, 3.05) is 6.61 Å². The Labute approximate surface area is 136 Å². The quantitative estimate of drug-likeness (QED) is 0.540. The maximum atomic E-state index is 12.8. The van der Waals surface area contributed by atoms with Crippen LogP contribution in [0.4, 0.5) is 0 Å². The van der Waals surface area contributed by atoms with Gasteiger partial charge >= 0.3 is 5.97 Å². The van der Waals surface area contributed by atoms with E-state index in [4.69, 9.17) is 17.6 Å². The average Bonchev–Trinajstić information content (AvgIpc) is 2.46. The van der Waals surface area contributed by atoms with Gasteiger partial charge in [-0.05, 0) is 43.4 Å². The number of rotatable bonds is 6. The standard InChI is InChI=1S/C20H30O2/c1-7-12-20(13-8-2,19(21)22-9-3)18-14-16(6)10-11-17(18)15(4)5/h1-2,15-18H,9-14H2,3-6H3/t16-,17+,18-/m0/s1. The van der Waals surface area contributed by atoms with Crippen molar-refractivity contribution < 1.29 is 9.53 Å². The zero-order chi connectivity index (χ0) is 16.8. The molecule has 0 aliphatic heterocycles. The van der Waals surface area contributed by atoms with Crippen molar-refractivity contribution in [1.82, 2.24) is 0 Å². The van der Waals surface area contributed by atoms with E-state index in [9.17, 15) is 4.79 Å². The van der Waals surface area contributed by atoms with Crippen molar-refractivity contribution in [3.8, 4) is 24.7 Å². The molecular formula is C20H30O2. The first-order valence-electron chi connectivity index (χ1n) is 8.47. The normalized spacial score (nSPS) is 25.3. The van der Waals surface area contributed by atoms with Gasteiger partial charge in [-0.1, -0.05) is 27.2 Å². The molecule has 1 saturated carbocycles. The Kier molecular flexibility index (Phi) is 7.02. The Hall–Kier alpha value is -1.41. The Morgan fingerprint density at radius 1 is 1.27 bits per heavy atom. The van der Waals surface area contributed by atoms with Crippen LogP contribution in [-0.4, -0.2) is 12.6 Å². The van der Waals surface area contributed by atoms with E-state index >= 15 is 0 Å². The summed E-state index contributed by atoms with van der Waals surface area (Å²) < 4.78 is 5.40. The second-order valence-electron chi connectivity index (χ2n) is 7.07. The lowest BCUT2D eigenvalue weighted by Crippen LogP contribution is -2.46. The fourth-order valence-corrected chi connectivity index (χ4v) is 4.10. The van der Waals surface area contributed by atoms with Crippen LogP contribution in [-0.2, 0) is 9.53 Å². The predicted molar refractivity (Wildman–Crippen MR) is 90.8 cm³/mol. The van der Waals surface area contributed by atoms with Gasteiger partial charge in [0.1, 0.15) is 0 Å².